The summed E-state index contributed by atoms with van der Waals surface area (Å²) in [5, 5.41) is 3.45. The molecule has 3 nitrogen and oxygen atoms in total. The SMILES string of the molecule is CCCN1CCOC(C(Cc2cccc(C)c2)NC)C1. The molecule has 2 rings (SSSR count). The highest BCUT2D eigenvalue weighted by Gasteiger charge is 2.26. The Balaban J connectivity index is 1.97. The Hall–Kier alpha value is -0.900. The van der Waals surface area contributed by atoms with Crippen molar-refractivity contribution < 1.29 is 4.74 Å². The van der Waals surface area contributed by atoms with Gasteiger partial charge in [0.15, 0.2) is 0 Å². The first-order valence-corrected chi connectivity index (χ1v) is 7.79. The Morgan fingerprint density at radius 2 is 2.30 bits per heavy atom. The number of nitrogens with zero attached hydrogens (tertiary/aromatic N) is 1. The molecule has 0 amide bonds. The Morgan fingerprint density at radius 1 is 1.45 bits per heavy atom. The van der Waals surface area contributed by atoms with Crippen LogP contribution in [-0.2, 0) is 11.2 Å². The van der Waals surface area contributed by atoms with Crippen molar-refractivity contribution in [3.63, 3.8) is 0 Å². The fourth-order valence-electron chi connectivity index (χ4n) is 3.01. The molecule has 2 unspecified atom stereocenters. The second kappa shape index (κ2) is 7.77. The molecule has 1 aromatic rings. The van der Waals surface area contributed by atoms with Gasteiger partial charge in [0, 0.05) is 19.1 Å². The van der Waals surface area contributed by atoms with Gasteiger partial charge >= 0.3 is 0 Å². The zero-order chi connectivity index (χ0) is 14.4. The van der Waals surface area contributed by atoms with E-state index in [1.165, 1.54) is 24.1 Å². The van der Waals surface area contributed by atoms with E-state index < -0.39 is 0 Å². The van der Waals surface area contributed by atoms with Crippen molar-refractivity contribution in [3.05, 3.63) is 35.4 Å². The topological polar surface area (TPSA) is 24.5 Å². The van der Waals surface area contributed by atoms with E-state index >= 15 is 0 Å². The summed E-state index contributed by atoms with van der Waals surface area (Å²) < 4.78 is 6.01. The molecule has 0 bridgehead atoms. The van der Waals surface area contributed by atoms with Gasteiger partial charge in [0.05, 0.1) is 12.7 Å². The van der Waals surface area contributed by atoms with Gasteiger partial charge in [0.1, 0.15) is 0 Å². The van der Waals surface area contributed by atoms with Crippen LogP contribution in [-0.4, -0.2) is 50.3 Å². The van der Waals surface area contributed by atoms with Gasteiger partial charge in [-0.2, -0.15) is 0 Å². The number of morpholine rings is 1. The maximum Gasteiger partial charge on any atom is 0.0858 e. The van der Waals surface area contributed by atoms with E-state index in [9.17, 15) is 0 Å². The van der Waals surface area contributed by atoms with Crippen LogP contribution in [0, 0.1) is 6.92 Å². The van der Waals surface area contributed by atoms with Crippen molar-refractivity contribution in [2.45, 2.75) is 38.8 Å². The fraction of sp³-hybridized carbons (Fsp3) is 0.647. The highest BCUT2D eigenvalue weighted by Crippen LogP contribution is 2.14. The predicted octanol–water partition coefficient (Wildman–Crippen LogP) is 2.24. The molecule has 1 fully saturated rings. The molecule has 1 saturated heterocycles. The highest BCUT2D eigenvalue weighted by atomic mass is 16.5. The lowest BCUT2D eigenvalue weighted by Gasteiger charge is -2.37. The predicted molar refractivity (Wildman–Crippen MR) is 84.2 cm³/mol. The number of nitrogens with one attached hydrogen (secondary N) is 1. The molecule has 0 radical (unpaired) electrons. The van der Waals surface area contributed by atoms with E-state index in [4.69, 9.17) is 4.74 Å². The Kier molecular flexibility index (Phi) is 6.02. The minimum atomic E-state index is 0.292. The third-order valence-corrected chi connectivity index (χ3v) is 4.08. The largest absolute Gasteiger partial charge is 0.374 e. The molecule has 20 heavy (non-hydrogen) atoms. The van der Waals surface area contributed by atoms with E-state index in [0.717, 1.165) is 26.1 Å². The minimum Gasteiger partial charge on any atom is -0.374 e. The van der Waals surface area contributed by atoms with E-state index in [0.29, 0.717) is 12.1 Å². The van der Waals surface area contributed by atoms with Gasteiger partial charge in [0.2, 0.25) is 0 Å². The first kappa shape index (κ1) is 15.5. The van der Waals surface area contributed by atoms with E-state index in [1.807, 2.05) is 7.05 Å². The second-order valence-electron chi connectivity index (χ2n) is 5.80. The Labute approximate surface area is 123 Å². The van der Waals surface area contributed by atoms with Crippen LogP contribution < -0.4 is 5.32 Å². The molecule has 0 spiro atoms. The zero-order valence-corrected chi connectivity index (χ0v) is 13.1. The molecular formula is C17H28N2O. The number of hydrogen-bond acceptors (Lipinski definition) is 3. The summed E-state index contributed by atoms with van der Waals surface area (Å²) in [5.41, 5.74) is 2.72. The Morgan fingerprint density at radius 3 is 3.00 bits per heavy atom. The van der Waals surface area contributed by atoms with E-state index in [-0.39, 0.29) is 0 Å². The normalized spacial score (nSPS) is 21.9. The van der Waals surface area contributed by atoms with Crippen molar-refractivity contribution in [2.24, 2.45) is 0 Å². The molecule has 2 atom stereocenters. The van der Waals surface area contributed by atoms with Crippen LogP contribution in [0.5, 0.6) is 0 Å². The molecule has 0 aromatic heterocycles. The molecule has 1 aliphatic rings. The highest BCUT2D eigenvalue weighted by molar-refractivity contribution is 5.23. The lowest BCUT2D eigenvalue weighted by atomic mass is 9.99. The summed E-state index contributed by atoms with van der Waals surface area (Å²) in [7, 11) is 2.04. The number of rotatable bonds is 6. The van der Waals surface area contributed by atoms with Gasteiger partial charge in [-0.15, -0.1) is 0 Å². The molecular weight excluding hydrogens is 248 g/mol. The van der Waals surface area contributed by atoms with Crippen molar-refractivity contribution in [1.29, 1.82) is 0 Å². The number of ether oxygens (including phenoxy) is 1. The van der Waals surface area contributed by atoms with Gasteiger partial charge in [-0.3, -0.25) is 4.90 Å². The Bertz CT molecular complexity index is 406. The summed E-state index contributed by atoms with van der Waals surface area (Å²) in [6.07, 6.45) is 2.54. The van der Waals surface area contributed by atoms with Crippen molar-refractivity contribution >= 4 is 0 Å². The van der Waals surface area contributed by atoms with E-state index in [1.54, 1.807) is 0 Å². The molecule has 1 aromatic carbocycles. The van der Waals surface area contributed by atoms with Crippen LogP contribution in [0.2, 0.25) is 0 Å². The lowest BCUT2D eigenvalue weighted by Crippen LogP contribution is -2.52. The van der Waals surface area contributed by atoms with Gasteiger partial charge in [-0.05, 0) is 38.9 Å². The van der Waals surface area contributed by atoms with Crippen LogP contribution in [0.1, 0.15) is 24.5 Å². The summed E-state index contributed by atoms with van der Waals surface area (Å²) >= 11 is 0. The van der Waals surface area contributed by atoms with Crippen molar-refractivity contribution in [3.8, 4) is 0 Å². The van der Waals surface area contributed by atoms with Gasteiger partial charge < -0.3 is 10.1 Å². The standard InChI is InChI=1S/C17H28N2O/c1-4-8-19-9-10-20-17(13-19)16(18-3)12-15-7-5-6-14(2)11-15/h5-7,11,16-18H,4,8-10,12-13H2,1-3H3. The minimum absolute atomic E-state index is 0.292. The zero-order valence-electron chi connectivity index (χ0n) is 13.1. The maximum absolute atomic E-state index is 6.01. The quantitative estimate of drug-likeness (QED) is 0.862. The van der Waals surface area contributed by atoms with Gasteiger partial charge in [-0.25, -0.2) is 0 Å². The third kappa shape index (κ3) is 4.30. The molecule has 0 aliphatic carbocycles. The van der Waals surface area contributed by atoms with Crippen LogP contribution in [0.4, 0.5) is 0 Å². The van der Waals surface area contributed by atoms with Crippen molar-refractivity contribution in [1.82, 2.24) is 10.2 Å². The van der Waals surface area contributed by atoms with Crippen LogP contribution in [0.3, 0.4) is 0 Å². The lowest BCUT2D eigenvalue weighted by molar-refractivity contribution is -0.0450. The average Bonchev–Trinajstić information content (AvgIpc) is 2.45. The monoisotopic (exact) mass is 276 g/mol. The summed E-state index contributed by atoms with van der Waals surface area (Å²) in [4.78, 5) is 2.52. The smallest absolute Gasteiger partial charge is 0.0858 e. The molecule has 112 valence electrons. The van der Waals surface area contributed by atoms with Crippen LogP contribution in [0.25, 0.3) is 0 Å². The molecule has 0 saturated carbocycles. The number of aryl methyl sites for hydroxylation is 1. The third-order valence-electron chi connectivity index (χ3n) is 4.08. The van der Waals surface area contributed by atoms with E-state index in [2.05, 4.69) is 48.3 Å². The summed E-state index contributed by atoms with van der Waals surface area (Å²) in [6.45, 7) is 8.55. The first-order valence-electron chi connectivity index (χ1n) is 7.79. The molecule has 3 heteroatoms. The number of hydrogen-bond donors (Lipinski definition) is 1. The second-order valence-corrected chi connectivity index (χ2v) is 5.80. The first-order chi connectivity index (χ1) is 9.72. The van der Waals surface area contributed by atoms with Crippen molar-refractivity contribution in [2.75, 3.05) is 33.3 Å². The summed E-state index contributed by atoms with van der Waals surface area (Å²) in [5.74, 6) is 0. The fourth-order valence-corrected chi connectivity index (χ4v) is 3.01. The molecule has 1 N–H and O–H groups in total. The number of benzene rings is 1. The average molecular weight is 276 g/mol. The van der Waals surface area contributed by atoms with Gasteiger partial charge in [0.25, 0.3) is 0 Å². The van der Waals surface area contributed by atoms with Crippen LogP contribution >= 0.6 is 0 Å². The maximum atomic E-state index is 6.01. The van der Waals surface area contributed by atoms with Crippen LogP contribution in [0.15, 0.2) is 24.3 Å². The molecule has 1 aliphatic heterocycles. The molecule has 1 heterocycles. The van der Waals surface area contributed by atoms with Gasteiger partial charge in [-0.1, -0.05) is 36.8 Å². The summed E-state index contributed by atoms with van der Waals surface area (Å²) in [6, 6.07) is 9.16. The number of likely N-dealkylation sites (N-methyl/N-ethyl adjacent to an activating group) is 1.